The summed E-state index contributed by atoms with van der Waals surface area (Å²) in [4.78, 5) is 21.8. The zero-order valence-electron chi connectivity index (χ0n) is 15.4. The second-order valence-corrected chi connectivity index (χ2v) is 6.92. The van der Waals surface area contributed by atoms with Gasteiger partial charge in [0.2, 0.25) is 5.91 Å². The minimum Gasteiger partial charge on any atom is -0.306 e. The van der Waals surface area contributed by atoms with E-state index in [0.717, 1.165) is 31.6 Å². The number of β-lactam (4-membered cyclic amide) rings is 1. The highest BCUT2D eigenvalue weighted by Crippen LogP contribution is 2.57. The van der Waals surface area contributed by atoms with Crippen molar-refractivity contribution in [2.45, 2.75) is 25.8 Å². The molecule has 1 aromatic heterocycles. The Bertz CT molecular complexity index is 795. The van der Waals surface area contributed by atoms with Crippen LogP contribution >= 0.6 is 0 Å². The predicted octanol–water partition coefficient (Wildman–Crippen LogP) is 3.22. The van der Waals surface area contributed by atoms with E-state index < -0.39 is 5.41 Å². The molecule has 5 nitrogen and oxygen atoms in total. The smallest absolute Gasteiger partial charge is 0.236 e. The van der Waals surface area contributed by atoms with Crippen molar-refractivity contribution >= 4 is 5.91 Å². The molecule has 2 fully saturated rings. The quantitative estimate of drug-likeness (QED) is 0.476. The highest BCUT2D eigenvalue weighted by Gasteiger charge is 2.62. The summed E-state index contributed by atoms with van der Waals surface area (Å²) in [5.41, 5.74) is 1.65. The van der Waals surface area contributed by atoms with Gasteiger partial charge in [-0.25, -0.2) is 0 Å². The van der Waals surface area contributed by atoms with Gasteiger partial charge in [-0.3, -0.25) is 9.78 Å². The molecule has 0 aliphatic carbocycles. The molecule has 0 radical (unpaired) electrons. The monoisotopic (exact) mass is 348 g/mol. The number of carbonyl (C=O) groups is 1. The van der Waals surface area contributed by atoms with E-state index in [9.17, 15) is 10.1 Å². The highest BCUT2D eigenvalue weighted by molar-refractivity contribution is 5.93. The first-order chi connectivity index (χ1) is 12.6. The van der Waals surface area contributed by atoms with Crippen LogP contribution in [0.1, 0.15) is 31.5 Å². The molecule has 2 aliphatic rings. The average Bonchev–Trinajstić information content (AvgIpc) is 2.69. The standard InChI is InChI=1S/C21H24N4O/c1-4-16(15-22)14-17(5-2)25-19(18-8-6-7-11-23-18)21(20(25)26)9-12-24(3)13-10-21/h4-8,11,14,19H,2,9-10,12-13H2,1,3H3/b16-4+,17-14+. The number of aromatic nitrogens is 1. The molecule has 0 saturated carbocycles. The minimum atomic E-state index is -0.411. The zero-order chi connectivity index (χ0) is 18.7. The molecule has 3 heterocycles. The molecular weight excluding hydrogens is 324 g/mol. The van der Waals surface area contributed by atoms with E-state index in [1.54, 1.807) is 29.3 Å². The zero-order valence-corrected chi connectivity index (χ0v) is 15.4. The lowest BCUT2D eigenvalue weighted by atomic mass is 9.63. The van der Waals surface area contributed by atoms with Gasteiger partial charge in [-0.05, 0) is 64.2 Å². The molecule has 1 aromatic rings. The average molecular weight is 348 g/mol. The van der Waals surface area contributed by atoms with Crippen LogP contribution in [0.5, 0.6) is 0 Å². The SMILES string of the molecule is C=C/C(=C\C(C#N)=C/C)N1C(=O)C2(CCN(C)CC2)C1c1ccccn1. The third kappa shape index (κ3) is 2.87. The number of likely N-dealkylation sites (tertiary alicyclic amines) is 2. The van der Waals surface area contributed by atoms with Gasteiger partial charge in [0.15, 0.2) is 0 Å². The van der Waals surface area contributed by atoms with E-state index in [-0.39, 0.29) is 11.9 Å². The summed E-state index contributed by atoms with van der Waals surface area (Å²) in [6.45, 7) is 7.47. The summed E-state index contributed by atoms with van der Waals surface area (Å²) < 4.78 is 0. The molecule has 1 unspecified atom stereocenters. The van der Waals surface area contributed by atoms with E-state index >= 15 is 0 Å². The summed E-state index contributed by atoms with van der Waals surface area (Å²) in [6, 6.07) is 7.84. The van der Waals surface area contributed by atoms with E-state index in [2.05, 4.69) is 29.6 Å². The van der Waals surface area contributed by atoms with Crippen LogP contribution in [-0.4, -0.2) is 40.8 Å². The number of nitriles is 1. The van der Waals surface area contributed by atoms with Gasteiger partial charge in [-0.2, -0.15) is 5.26 Å². The Hall–Kier alpha value is -2.71. The van der Waals surface area contributed by atoms with Crippen molar-refractivity contribution in [3.05, 3.63) is 66.2 Å². The summed E-state index contributed by atoms with van der Waals surface area (Å²) in [5.74, 6) is 0.112. The Balaban J connectivity index is 2.04. The van der Waals surface area contributed by atoms with Gasteiger partial charge >= 0.3 is 0 Å². The third-order valence-electron chi connectivity index (χ3n) is 5.50. The first-order valence-corrected chi connectivity index (χ1v) is 8.91. The van der Waals surface area contributed by atoms with Crippen molar-refractivity contribution in [2.24, 2.45) is 5.41 Å². The van der Waals surface area contributed by atoms with Crippen LogP contribution in [-0.2, 0) is 4.79 Å². The Morgan fingerprint density at radius 1 is 1.42 bits per heavy atom. The lowest BCUT2D eigenvalue weighted by Crippen LogP contribution is -2.65. The summed E-state index contributed by atoms with van der Waals surface area (Å²) in [6.07, 6.45) is 8.51. The molecule has 1 amide bonds. The fraction of sp³-hybridized carbons (Fsp3) is 0.381. The Morgan fingerprint density at radius 2 is 2.15 bits per heavy atom. The molecule has 0 N–H and O–H groups in total. The molecule has 0 bridgehead atoms. The van der Waals surface area contributed by atoms with Crippen LogP contribution < -0.4 is 0 Å². The highest BCUT2D eigenvalue weighted by atomic mass is 16.2. The van der Waals surface area contributed by atoms with E-state index in [4.69, 9.17) is 0 Å². The summed E-state index contributed by atoms with van der Waals surface area (Å²) in [5, 5.41) is 9.24. The molecule has 2 saturated heterocycles. The van der Waals surface area contributed by atoms with Gasteiger partial charge in [-0.15, -0.1) is 0 Å². The largest absolute Gasteiger partial charge is 0.306 e. The number of hydrogen-bond acceptors (Lipinski definition) is 4. The number of nitrogens with zero attached hydrogens (tertiary/aromatic N) is 4. The first kappa shape index (κ1) is 18.1. The predicted molar refractivity (Wildman–Crippen MR) is 101 cm³/mol. The van der Waals surface area contributed by atoms with Crippen molar-refractivity contribution < 1.29 is 4.79 Å². The van der Waals surface area contributed by atoms with Crippen LogP contribution in [0, 0.1) is 16.7 Å². The van der Waals surface area contributed by atoms with Crippen LogP contribution in [0.25, 0.3) is 0 Å². The molecule has 2 aliphatic heterocycles. The van der Waals surface area contributed by atoms with Crippen molar-refractivity contribution in [3.63, 3.8) is 0 Å². The number of allylic oxidation sites excluding steroid dienone is 4. The third-order valence-corrected chi connectivity index (χ3v) is 5.50. The summed E-state index contributed by atoms with van der Waals surface area (Å²) in [7, 11) is 2.09. The fourth-order valence-corrected chi connectivity index (χ4v) is 3.95. The van der Waals surface area contributed by atoms with Gasteiger partial charge in [-0.1, -0.05) is 18.7 Å². The molecular formula is C21H24N4O. The maximum absolute atomic E-state index is 13.3. The maximum Gasteiger partial charge on any atom is 0.236 e. The van der Waals surface area contributed by atoms with Crippen molar-refractivity contribution in [3.8, 4) is 6.07 Å². The number of piperidine rings is 1. The van der Waals surface area contributed by atoms with Gasteiger partial charge < -0.3 is 9.80 Å². The van der Waals surface area contributed by atoms with Gasteiger partial charge in [0.05, 0.1) is 23.2 Å². The lowest BCUT2D eigenvalue weighted by molar-refractivity contribution is -0.174. The fourth-order valence-electron chi connectivity index (χ4n) is 3.95. The van der Waals surface area contributed by atoms with Crippen LogP contribution in [0.3, 0.4) is 0 Å². The number of carbonyl (C=O) groups excluding carboxylic acids is 1. The van der Waals surface area contributed by atoms with Crippen LogP contribution in [0.15, 0.2) is 60.5 Å². The Kier molecular flexibility index (Phi) is 5.06. The second-order valence-electron chi connectivity index (χ2n) is 6.92. The van der Waals surface area contributed by atoms with Crippen molar-refractivity contribution in [1.29, 1.82) is 5.26 Å². The van der Waals surface area contributed by atoms with Gasteiger partial charge in [0.25, 0.3) is 0 Å². The molecule has 1 atom stereocenters. The lowest BCUT2D eigenvalue weighted by Gasteiger charge is -2.58. The molecule has 0 aromatic carbocycles. The number of amides is 1. The van der Waals surface area contributed by atoms with Crippen LogP contribution in [0.2, 0.25) is 0 Å². The Morgan fingerprint density at radius 3 is 2.69 bits per heavy atom. The van der Waals surface area contributed by atoms with Gasteiger partial charge in [0, 0.05) is 17.5 Å². The molecule has 26 heavy (non-hydrogen) atoms. The molecule has 5 heteroatoms. The maximum atomic E-state index is 13.3. The molecule has 134 valence electrons. The number of pyridine rings is 1. The topological polar surface area (TPSA) is 60.2 Å². The second kappa shape index (κ2) is 7.27. The molecule has 1 spiro atoms. The van der Waals surface area contributed by atoms with E-state index in [0.29, 0.717) is 11.3 Å². The number of rotatable bonds is 4. The first-order valence-electron chi connectivity index (χ1n) is 8.91. The minimum absolute atomic E-state index is 0.112. The number of hydrogen-bond donors (Lipinski definition) is 0. The van der Waals surface area contributed by atoms with Crippen LogP contribution in [0.4, 0.5) is 0 Å². The van der Waals surface area contributed by atoms with Crippen molar-refractivity contribution in [2.75, 3.05) is 20.1 Å². The van der Waals surface area contributed by atoms with Gasteiger partial charge in [0.1, 0.15) is 0 Å². The van der Waals surface area contributed by atoms with E-state index in [1.165, 1.54) is 0 Å². The summed E-state index contributed by atoms with van der Waals surface area (Å²) >= 11 is 0. The van der Waals surface area contributed by atoms with Crippen molar-refractivity contribution in [1.82, 2.24) is 14.8 Å². The van der Waals surface area contributed by atoms with E-state index in [1.807, 2.05) is 25.1 Å². The molecule has 3 rings (SSSR count). The Labute approximate surface area is 154 Å². The normalized spacial score (nSPS) is 23.5.